The molecule has 0 unspecified atom stereocenters. The van der Waals surface area contributed by atoms with Crippen molar-refractivity contribution in [1.82, 2.24) is 10.2 Å². The smallest absolute Gasteiger partial charge is 0.389 e. The maximum absolute atomic E-state index is 13.8. The maximum atomic E-state index is 13.8. The van der Waals surface area contributed by atoms with E-state index >= 15 is 0 Å². The summed E-state index contributed by atoms with van der Waals surface area (Å²) in [6.07, 6.45) is -4.31. The highest BCUT2D eigenvalue weighted by molar-refractivity contribution is 5.99. The number of rotatable bonds is 7. The van der Waals surface area contributed by atoms with Crippen LogP contribution in [0.15, 0.2) is 18.2 Å². The van der Waals surface area contributed by atoms with E-state index in [1.807, 2.05) is 20.9 Å². The summed E-state index contributed by atoms with van der Waals surface area (Å²) in [4.78, 5) is 27.5. The molecule has 1 aromatic rings. The highest BCUT2D eigenvalue weighted by atomic mass is 19.4. The SMILES string of the molecule is CNC[C@H]1OCCCC[C@@H](C)Oc2ccc(NC(=O)CCC(F)(F)F)cc2C(=O)N([C@H](C)CO)C[C@H]1C. The number of aliphatic hydroxyl groups excluding tert-OH is 1. The van der Waals surface area contributed by atoms with E-state index < -0.39 is 36.9 Å². The lowest BCUT2D eigenvalue weighted by atomic mass is 10.0. The van der Waals surface area contributed by atoms with Gasteiger partial charge in [0.1, 0.15) is 5.75 Å². The third kappa shape index (κ3) is 10.1. The number of alkyl halides is 3. The molecule has 1 aromatic carbocycles. The van der Waals surface area contributed by atoms with Crippen LogP contribution in [-0.2, 0) is 9.53 Å². The van der Waals surface area contributed by atoms with Crippen molar-refractivity contribution in [3.8, 4) is 5.75 Å². The number of amides is 2. The van der Waals surface area contributed by atoms with Crippen LogP contribution in [0.5, 0.6) is 5.75 Å². The summed E-state index contributed by atoms with van der Waals surface area (Å²) in [5, 5.41) is 15.5. The number of benzene rings is 1. The molecule has 4 atom stereocenters. The second-order valence-electron chi connectivity index (χ2n) is 9.73. The predicted octanol–water partition coefficient (Wildman–Crippen LogP) is 3.98. The zero-order chi connectivity index (χ0) is 27.6. The fourth-order valence-corrected chi connectivity index (χ4v) is 4.17. The van der Waals surface area contributed by atoms with Crippen molar-refractivity contribution in [2.45, 2.75) is 77.3 Å². The lowest BCUT2D eigenvalue weighted by Gasteiger charge is -2.34. The molecular weight excluding hydrogens is 491 g/mol. The van der Waals surface area contributed by atoms with Crippen molar-refractivity contribution in [1.29, 1.82) is 0 Å². The molecule has 2 rings (SSSR count). The molecule has 0 aromatic heterocycles. The van der Waals surface area contributed by atoms with E-state index in [4.69, 9.17) is 9.47 Å². The minimum absolute atomic E-state index is 0.0677. The number of aliphatic hydroxyl groups is 1. The Hall–Kier alpha value is -2.37. The third-order valence-corrected chi connectivity index (χ3v) is 6.38. The van der Waals surface area contributed by atoms with E-state index in [-0.39, 0.29) is 36.0 Å². The van der Waals surface area contributed by atoms with Crippen molar-refractivity contribution in [2.75, 3.05) is 38.7 Å². The third-order valence-electron chi connectivity index (χ3n) is 6.38. The zero-order valence-electron chi connectivity index (χ0n) is 22.1. The second-order valence-corrected chi connectivity index (χ2v) is 9.73. The van der Waals surface area contributed by atoms with Crippen LogP contribution >= 0.6 is 0 Å². The first kappa shape index (κ1) is 30.9. The van der Waals surface area contributed by atoms with Crippen LogP contribution in [0.25, 0.3) is 0 Å². The number of halogens is 3. The average Bonchev–Trinajstić information content (AvgIpc) is 2.84. The Morgan fingerprint density at radius 2 is 2.00 bits per heavy atom. The normalized spacial score (nSPS) is 23.0. The van der Waals surface area contributed by atoms with E-state index in [2.05, 4.69) is 10.6 Å². The fourth-order valence-electron chi connectivity index (χ4n) is 4.17. The van der Waals surface area contributed by atoms with Gasteiger partial charge in [-0.2, -0.15) is 13.2 Å². The molecule has 0 spiro atoms. The van der Waals surface area contributed by atoms with E-state index in [0.29, 0.717) is 25.4 Å². The Morgan fingerprint density at radius 3 is 2.65 bits per heavy atom. The van der Waals surface area contributed by atoms with E-state index in [1.54, 1.807) is 17.9 Å². The lowest BCUT2D eigenvalue weighted by molar-refractivity contribution is -0.142. The number of hydrogen-bond donors (Lipinski definition) is 3. The minimum Gasteiger partial charge on any atom is -0.490 e. The number of fused-ring (bicyclic) bond motifs is 1. The van der Waals surface area contributed by atoms with Crippen LogP contribution in [0.2, 0.25) is 0 Å². The topological polar surface area (TPSA) is 100 Å². The summed E-state index contributed by atoms with van der Waals surface area (Å²) in [7, 11) is 1.83. The predicted molar refractivity (Wildman–Crippen MR) is 135 cm³/mol. The standard InChI is InChI=1S/C26H40F3N3O5/c1-17-15-32(18(2)16-33)25(35)21-13-20(31-24(34)10-11-26(27,28)29)8-9-22(21)37-19(3)7-5-6-12-36-23(17)14-30-4/h8-9,13,17-19,23,30,33H,5-7,10-12,14-16H2,1-4H3,(H,31,34)/t17-,18-,19-,23-/m1/s1. The van der Waals surface area contributed by atoms with Crippen LogP contribution < -0.4 is 15.4 Å². The Morgan fingerprint density at radius 1 is 1.27 bits per heavy atom. The summed E-state index contributed by atoms with van der Waals surface area (Å²) in [6.45, 7) is 6.82. The Kier molecular flexibility index (Phi) is 12.1. The van der Waals surface area contributed by atoms with Crippen LogP contribution in [0.4, 0.5) is 18.9 Å². The highest BCUT2D eigenvalue weighted by Crippen LogP contribution is 2.29. The molecule has 0 saturated carbocycles. The van der Waals surface area contributed by atoms with Gasteiger partial charge in [0.2, 0.25) is 5.91 Å². The van der Waals surface area contributed by atoms with Crippen LogP contribution in [0, 0.1) is 5.92 Å². The maximum Gasteiger partial charge on any atom is 0.389 e. The lowest BCUT2D eigenvalue weighted by Crippen LogP contribution is -2.47. The monoisotopic (exact) mass is 531 g/mol. The summed E-state index contributed by atoms with van der Waals surface area (Å²) >= 11 is 0. The van der Waals surface area contributed by atoms with Crippen molar-refractivity contribution in [3.05, 3.63) is 23.8 Å². The molecule has 0 bridgehead atoms. The van der Waals surface area contributed by atoms with Gasteiger partial charge in [0.25, 0.3) is 5.91 Å². The van der Waals surface area contributed by atoms with Crippen molar-refractivity contribution in [2.24, 2.45) is 5.92 Å². The van der Waals surface area contributed by atoms with Gasteiger partial charge in [0.05, 0.1) is 36.8 Å². The number of carbonyl (C=O) groups is 2. The van der Waals surface area contributed by atoms with Crippen molar-refractivity contribution in [3.63, 3.8) is 0 Å². The molecule has 0 radical (unpaired) electrons. The second kappa shape index (κ2) is 14.5. The molecule has 11 heteroatoms. The molecule has 0 saturated heterocycles. The molecule has 3 N–H and O–H groups in total. The van der Waals surface area contributed by atoms with Gasteiger partial charge in [-0.05, 0) is 58.4 Å². The number of anilines is 1. The first-order chi connectivity index (χ1) is 17.4. The number of ether oxygens (including phenoxy) is 2. The average molecular weight is 532 g/mol. The number of hydrogen-bond acceptors (Lipinski definition) is 6. The van der Waals surface area contributed by atoms with Crippen molar-refractivity contribution >= 4 is 17.5 Å². The van der Waals surface area contributed by atoms with Crippen LogP contribution in [-0.4, -0.2) is 79.6 Å². The molecule has 210 valence electrons. The zero-order valence-corrected chi connectivity index (χ0v) is 22.1. The van der Waals surface area contributed by atoms with Gasteiger partial charge in [0.15, 0.2) is 0 Å². The summed E-state index contributed by atoms with van der Waals surface area (Å²) in [5.41, 5.74) is 0.355. The number of nitrogens with zero attached hydrogens (tertiary/aromatic N) is 1. The molecule has 8 nitrogen and oxygen atoms in total. The molecule has 0 fully saturated rings. The summed E-state index contributed by atoms with van der Waals surface area (Å²) in [5.74, 6) is -0.973. The number of likely N-dealkylation sites (N-methyl/N-ethyl adjacent to an activating group) is 1. The summed E-state index contributed by atoms with van der Waals surface area (Å²) in [6, 6.07) is 3.96. The van der Waals surface area contributed by atoms with E-state index in [0.717, 1.165) is 19.3 Å². The molecule has 0 aliphatic carbocycles. The molecule has 37 heavy (non-hydrogen) atoms. The van der Waals surface area contributed by atoms with Crippen molar-refractivity contribution < 1.29 is 37.3 Å². The van der Waals surface area contributed by atoms with Gasteiger partial charge >= 0.3 is 6.18 Å². The van der Waals surface area contributed by atoms with Gasteiger partial charge in [-0.3, -0.25) is 9.59 Å². The Bertz CT molecular complexity index is 884. The van der Waals surface area contributed by atoms with E-state index in [1.165, 1.54) is 12.1 Å². The van der Waals surface area contributed by atoms with Gasteiger partial charge in [0, 0.05) is 37.7 Å². The fraction of sp³-hybridized carbons (Fsp3) is 0.692. The number of carbonyl (C=O) groups excluding carboxylic acids is 2. The van der Waals surface area contributed by atoms with E-state index in [9.17, 15) is 27.9 Å². The quantitative estimate of drug-likeness (QED) is 0.492. The number of nitrogens with one attached hydrogen (secondary N) is 2. The van der Waals surface area contributed by atoms with Gasteiger partial charge in [-0.15, -0.1) is 0 Å². The first-order valence-corrected chi connectivity index (χ1v) is 12.8. The highest BCUT2D eigenvalue weighted by Gasteiger charge is 2.30. The summed E-state index contributed by atoms with van der Waals surface area (Å²) < 4.78 is 49.8. The molecule has 2 amide bonds. The molecular formula is C26H40F3N3O5. The minimum atomic E-state index is -4.44. The largest absolute Gasteiger partial charge is 0.490 e. The molecule has 1 heterocycles. The molecule has 1 aliphatic rings. The van der Waals surface area contributed by atoms with Crippen LogP contribution in [0.1, 0.15) is 63.2 Å². The van der Waals surface area contributed by atoms with Gasteiger partial charge in [-0.25, -0.2) is 0 Å². The first-order valence-electron chi connectivity index (χ1n) is 12.8. The Balaban J connectivity index is 2.42. The van der Waals surface area contributed by atoms with Crippen LogP contribution in [0.3, 0.4) is 0 Å². The molecule has 1 aliphatic heterocycles. The van der Waals surface area contributed by atoms with Gasteiger partial charge in [-0.1, -0.05) is 6.92 Å². The van der Waals surface area contributed by atoms with Gasteiger partial charge < -0.3 is 30.1 Å². The Labute approximate surface area is 216 Å².